The number of aromatic nitrogens is 1. The van der Waals surface area contributed by atoms with Crippen LogP contribution in [0.25, 0.3) is 0 Å². The van der Waals surface area contributed by atoms with Crippen LogP contribution in [-0.2, 0) is 25.5 Å². The smallest absolute Gasteiger partial charge is 0.343 e. The molecule has 1 atom stereocenters. The van der Waals surface area contributed by atoms with Crippen LogP contribution in [0.1, 0.15) is 21.6 Å². The summed E-state index contributed by atoms with van der Waals surface area (Å²) in [6.07, 6.45) is 0.269. The lowest BCUT2D eigenvalue weighted by atomic mass is 10.1. The minimum Gasteiger partial charge on any atom is -0.467 e. The van der Waals surface area contributed by atoms with E-state index in [1.807, 2.05) is 30.3 Å². The Kier molecular flexibility index (Phi) is 7.30. The molecule has 2 N–H and O–H groups in total. The molecule has 0 radical (unpaired) electrons. The van der Waals surface area contributed by atoms with Crippen LogP contribution in [0.3, 0.4) is 0 Å². The Morgan fingerprint density at radius 1 is 1.22 bits per heavy atom. The topological polar surface area (TPSA) is 107 Å². The van der Waals surface area contributed by atoms with Gasteiger partial charge in [-0.25, -0.2) is 9.59 Å². The van der Waals surface area contributed by atoms with Gasteiger partial charge in [-0.15, -0.1) is 0 Å². The Morgan fingerprint density at radius 2 is 1.93 bits per heavy atom. The van der Waals surface area contributed by atoms with Crippen LogP contribution >= 0.6 is 11.5 Å². The van der Waals surface area contributed by atoms with Crippen molar-refractivity contribution in [3.05, 3.63) is 47.2 Å². The van der Waals surface area contributed by atoms with Crippen molar-refractivity contribution in [1.29, 1.82) is 0 Å². The molecule has 0 saturated heterocycles. The fourth-order valence-electron chi connectivity index (χ4n) is 2.41. The first-order valence-electron chi connectivity index (χ1n) is 8.18. The number of hydrogen-bond acceptors (Lipinski definition) is 8. The van der Waals surface area contributed by atoms with Crippen LogP contribution in [0.4, 0.5) is 5.00 Å². The van der Waals surface area contributed by atoms with Crippen LogP contribution in [0.2, 0.25) is 0 Å². The van der Waals surface area contributed by atoms with E-state index in [9.17, 15) is 14.4 Å². The van der Waals surface area contributed by atoms with E-state index in [0.29, 0.717) is 16.3 Å². The van der Waals surface area contributed by atoms with Crippen LogP contribution in [0.15, 0.2) is 30.3 Å². The maximum atomic E-state index is 12.2. The van der Waals surface area contributed by atoms with E-state index in [1.54, 1.807) is 14.0 Å². The number of carbonyl (C=O) groups is 3. The van der Waals surface area contributed by atoms with Gasteiger partial charge in [0.15, 0.2) is 6.61 Å². The van der Waals surface area contributed by atoms with Gasteiger partial charge in [0.25, 0.3) is 5.91 Å². The summed E-state index contributed by atoms with van der Waals surface area (Å²) in [5, 5.41) is 5.97. The van der Waals surface area contributed by atoms with Gasteiger partial charge < -0.3 is 20.1 Å². The minimum absolute atomic E-state index is 0.269. The van der Waals surface area contributed by atoms with Crippen molar-refractivity contribution in [2.45, 2.75) is 19.4 Å². The SMILES string of the molecule is CNc1snc(C)c1C(=O)OCC(=O)NC(Cc1ccccc1)C(=O)OC. The number of anilines is 1. The molecule has 0 aliphatic carbocycles. The molecule has 0 saturated carbocycles. The molecule has 1 aromatic carbocycles. The van der Waals surface area contributed by atoms with Gasteiger partial charge in [0.1, 0.15) is 16.6 Å². The molecule has 1 heterocycles. The summed E-state index contributed by atoms with van der Waals surface area (Å²) in [5.74, 6) is -1.83. The van der Waals surface area contributed by atoms with E-state index < -0.39 is 30.5 Å². The minimum atomic E-state index is -0.874. The molecule has 1 aromatic heterocycles. The summed E-state index contributed by atoms with van der Waals surface area (Å²) in [6.45, 7) is 1.17. The number of benzene rings is 1. The first-order chi connectivity index (χ1) is 13.0. The highest BCUT2D eigenvalue weighted by Gasteiger charge is 2.24. The average molecular weight is 391 g/mol. The monoisotopic (exact) mass is 391 g/mol. The van der Waals surface area contributed by atoms with Crippen molar-refractivity contribution in [1.82, 2.24) is 9.69 Å². The predicted molar refractivity (Wildman–Crippen MR) is 101 cm³/mol. The van der Waals surface area contributed by atoms with E-state index in [1.165, 1.54) is 7.11 Å². The first-order valence-corrected chi connectivity index (χ1v) is 8.95. The zero-order valence-corrected chi connectivity index (χ0v) is 16.1. The van der Waals surface area contributed by atoms with Crippen molar-refractivity contribution in [3.63, 3.8) is 0 Å². The molecule has 144 valence electrons. The number of hydrogen-bond donors (Lipinski definition) is 2. The van der Waals surface area contributed by atoms with Gasteiger partial charge in [-0.1, -0.05) is 30.3 Å². The van der Waals surface area contributed by atoms with Gasteiger partial charge in [0.2, 0.25) is 0 Å². The molecular weight excluding hydrogens is 370 g/mol. The lowest BCUT2D eigenvalue weighted by Gasteiger charge is -2.16. The molecule has 2 rings (SSSR count). The molecule has 1 unspecified atom stereocenters. The van der Waals surface area contributed by atoms with Crippen molar-refractivity contribution in [2.75, 3.05) is 26.1 Å². The van der Waals surface area contributed by atoms with E-state index in [0.717, 1.165) is 17.1 Å². The lowest BCUT2D eigenvalue weighted by molar-refractivity contribution is -0.145. The normalized spacial score (nSPS) is 11.4. The average Bonchev–Trinajstić information content (AvgIpc) is 3.06. The Balaban J connectivity index is 1.96. The van der Waals surface area contributed by atoms with Gasteiger partial charge in [0, 0.05) is 13.5 Å². The van der Waals surface area contributed by atoms with Crippen LogP contribution in [-0.4, -0.2) is 49.0 Å². The number of methoxy groups -OCH3 is 1. The predicted octanol–water partition coefficient (Wildman–Crippen LogP) is 1.55. The van der Waals surface area contributed by atoms with Crippen molar-refractivity contribution >= 4 is 34.4 Å². The molecule has 27 heavy (non-hydrogen) atoms. The summed E-state index contributed by atoms with van der Waals surface area (Å²) >= 11 is 1.13. The highest BCUT2D eigenvalue weighted by atomic mass is 32.1. The maximum Gasteiger partial charge on any atom is 0.343 e. The van der Waals surface area contributed by atoms with Gasteiger partial charge in [0.05, 0.1) is 12.8 Å². The second kappa shape index (κ2) is 9.67. The standard InChI is InChI=1S/C18H21N3O5S/c1-11-15(16(19-2)27-21-11)18(24)26-10-14(22)20-13(17(23)25-3)9-12-7-5-4-6-8-12/h4-8,13,19H,9-10H2,1-3H3,(H,20,22). The summed E-state index contributed by atoms with van der Waals surface area (Å²) in [5.41, 5.74) is 1.68. The third-order valence-corrected chi connectivity index (χ3v) is 4.69. The molecule has 0 bridgehead atoms. The number of carbonyl (C=O) groups excluding carboxylic acids is 3. The van der Waals surface area contributed by atoms with E-state index in [-0.39, 0.29) is 6.42 Å². The van der Waals surface area contributed by atoms with Crippen molar-refractivity contribution in [3.8, 4) is 0 Å². The molecular formula is C18H21N3O5S. The fourth-order valence-corrected chi connectivity index (χ4v) is 3.14. The number of nitrogens with zero attached hydrogens (tertiary/aromatic N) is 1. The molecule has 8 nitrogen and oxygen atoms in total. The number of ether oxygens (including phenoxy) is 2. The fraction of sp³-hybridized carbons (Fsp3) is 0.333. The Labute approximate surface area is 161 Å². The number of nitrogens with one attached hydrogen (secondary N) is 2. The summed E-state index contributed by atoms with van der Waals surface area (Å²) < 4.78 is 13.9. The second-order valence-electron chi connectivity index (χ2n) is 5.63. The number of esters is 2. The third kappa shape index (κ3) is 5.52. The molecule has 2 aromatic rings. The van der Waals surface area contributed by atoms with E-state index >= 15 is 0 Å². The summed E-state index contributed by atoms with van der Waals surface area (Å²) in [4.78, 5) is 36.3. The number of aryl methyl sites for hydroxylation is 1. The third-order valence-electron chi connectivity index (χ3n) is 3.73. The van der Waals surface area contributed by atoms with Gasteiger partial charge in [-0.05, 0) is 24.0 Å². The molecule has 1 amide bonds. The summed E-state index contributed by atoms with van der Waals surface area (Å²) in [6, 6.07) is 8.34. The molecule has 0 fully saturated rings. The van der Waals surface area contributed by atoms with Crippen molar-refractivity contribution in [2.24, 2.45) is 0 Å². The Bertz CT molecular complexity index is 807. The Hall–Kier alpha value is -2.94. The summed E-state index contributed by atoms with van der Waals surface area (Å²) in [7, 11) is 2.92. The van der Waals surface area contributed by atoms with Gasteiger partial charge in [-0.3, -0.25) is 4.79 Å². The van der Waals surface area contributed by atoms with Crippen LogP contribution < -0.4 is 10.6 Å². The quantitative estimate of drug-likeness (QED) is 0.658. The van der Waals surface area contributed by atoms with Gasteiger partial charge in [-0.2, -0.15) is 4.37 Å². The lowest BCUT2D eigenvalue weighted by Crippen LogP contribution is -2.44. The highest BCUT2D eigenvalue weighted by Crippen LogP contribution is 2.24. The van der Waals surface area contributed by atoms with Crippen molar-refractivity contribution < 1.29 is 23.9 Å². The molecule has 9 heteroatoms. The largest absolute Gasteiger partial charge is 0.467 e. The number of rotatable bonds is 8. The molecule has 0 spiro atoms. The van der Waals surface area contributed by atoms with E-state index in [4.69, 9.17) is 9.47 Å². The maximum absolute atomic E-state index is 12.2. The highest BCUT2D eigenvalue weighted by molar-refractivity contribution is 7.10. The van der Waals surface area contributed by atoms with Gasteiger partial charge >= 0.3 is 11.9 Å². The van der Waals surface area contributed by atoms with Crippen LogP contribution in [0, 0.1) is 6.92 Å². The Morgan fingerprint density at radius 3 is 2.56 bits per heavy atom. The zero-order valence-electron chi connectivity index (χ0n) is 15.3. The molecule has 0 aliphatic heterocycles. The zero-order chi connectivity index (χ0) is 19.8. The number of amides is 1. The van der Waals surface area contributed by atoms with E-state index in [2.05, 4.69) is 15.0 Å². The second-order valence-corrected chi connectivity index (χ2v) is 6.40. The van der Waals surface area contributed by atoms with Crippen LogP contribution in [0.5, 0.6) is 0 Å². The first kappa shape index (κ1) is 20.4. The molecule has 0 aliphatic rings.